The summed E-state index contributed by atoms with van der Waals surface area (Å²) in [6.07, 6.45) is 2.37. The first-order valence-electron chi connectivity index (χ1n) is 8.69. The van der Waals surface area contributed by atoms with Crippen LogP contribution in [0, 0.1) is 13.8 Å². The van der Waals surface area contributed by atoms with Crippen LogP contribution in [-0.4, -0.2) is 20.7 Å². The van der Waals surface area contributed by atoms with Crippen LogP contribution in [0.2, 0.25) is 0 Å². The Morgan fingerprint density at radius 1 is 1.19 bits per heavy atom. The molecule has 3 aromatic rings. The fourth-order valence-corrected chi connectivity index (χ4v) is 3.36. The summed E-state index contributed by atoms with van der Waals surface area (Å²) < 4.78 is 2.26. The van der Waals surface area contributed by atoms with Crippen molar-refractivity contribution in [1.82, 2.24) is 14.8 Å². The molecule has 132 valence electrons. The topological polar surface area (TPSA) is 79.8 Å². The quantitative estimate of drug-likeness (QED) is 0.758. The fourth-order valence-electron chi connectivity index (χ4n) is 3.36. The molecule has 1 aromatic carbocycles. The number of rotatable bonds is 4. The van der Waals surface area contributed by atoms with Crippen molar-refractivity contribution in [2.45, 2.75) is 32.7 Å². The van der Waals surface area contributed by atoms with Gasteiger partial charge < -0.3 is 9.88 Å². The number of hydrogen-bond acceptors (Lipinski definition) is 3. The minimum Gasteiger partial charge on any atom is -0.345 e. The van der Waals surface area contributed by atoms with E-state index < -0.39 is 0 Å². The number of aromatic amines is 1. The lowest BCUT2D eigenvalue weighted by molar-refractivity contribution is 0.102. The highest BCUT2D eigenvalue weighted by Crippen LogP contribution is 2.38. The number of nitrogens with zero attached hydrogens (tertiary/aromatic N) is 2. The molecule has 4 rings (SSSR count). The van der Waals surface area contributed by atoms with E-state index in [1.54, 1.807) is 6.07 Å². The zero-order chi connectivity index (χ0) is 18.3. The van der Waals surface area contributed by atoms with Gasteiger partial charge in [-0.15, -0.1) is 0 Å². The molecule has 0 atom stereocenters. The molecule has 1 amide bonds. The molecule has 0 bridgehead atoms. The van der Waals surface area contributed by atoms with Gasteiger partial charge in [-0.3, -0.25) is 9.59 Å². The molecule has 0 unspecified atom stereocenters. The molecule has 6 nitrogen and oxygen atoms in total. The second-order valence-corrected chi connectivity index (χ2v) is 6.73. The van der Waals surface area contributed by atoms with Gasteiger partial charge in [0.05, 0.1) is 11.3 Å². The lowest BCUT2D eigenvalue weighted by Crippen LogP contribution is -2.13. The monoisotopic (exact) mass is 348 g/mol. The summed E-state index contributed by atoms with van der Waals surface area (Å²) in [5.41, 5.74) is 4.76. The number of benzene rings is 1. The van der Waals surface area contributed by atoms with Crippen molar-refractivity contribution in [3.05, 3.63) is 69.8 Å². The Kier molecular flexibility index (Phi) is 3.95. The molecule has 1 aliphatic carbocycles. The lowest BCUT2D eigenvalue weighted by Gasteiger charge is -2.09. The van der Waals surface area contributed by atoms with E-state index in [0.717, 1.165) is 17.0 Å². The molecule has 26 heavy (non-hydrogen) atoms. The number of hydrogen-bond donors (Lipinski definition) is 2. The maximum atomic E-state index is 12.7. The summed E-state index contributed by atoms with van der Waals surface area (Å²) in [7, 11) is 0. The number of aryl methyl sites for hydroxylation is 1. The molecular formula is C20H20N4O2. The molecule has 2 heterocycles. The number of carbonyl (C=O) groups excluding carboxylic acids is 1. The summed E-state index contributed by atoms with van der Waals surface area (Å²) in [6.45, 7) is 4.05. The average molecular weight is 348 g/mol. The van der Waals surface area contributed by atoms with Crippen LogP contribution < -0.4 is 10.9 Å². The summed E-state index contributed by atoms with van der Waals surface area (Å²) in [6, 6.07) is 13.0. The van der Waals surface area contributed by atoms with Gasteiger partial charge in [0.25, 0.3) is 11.5 Å². The van der Waals surface area contributed by atoms with Gasteiger partial charge in [0.1, 0.15) is 0 Å². The fraction of sp³-hybridized carbons (Fsp3) is 0.250. The zero-order valence-corrected chi connectivity index (χ0v) is 14.7. The lowest BCUT2D eigenvalue weighted by atomic mass is 10.1. The average Bonchev–Trinajstić information content (AvgIpc) is 3.41. The second-order valence-electron chi connectivity index (χ2n) is 6.73. The van der Waals surface area contributed by atoms with Gasteiger partial charge in [-0.05, 0) is 51.0 Å². The van der Waals surface area contributed by atoms with Crippen molar-refractivity contribution in [3.8, 4) is 11.3 Å². The standard InChI is InChI=1S/C20H20N4O2/c1-12-10-17(13(2)24(12)16-6-7-16)20(26)21-15-5-3-4-14(11-15)18-8-9-19(25)23-22-18/h3-5,8-11,16H,6-7H2,1-2H3,(H,21,26)(H,23,25). The highest BCUT2D eigenvalue weighted by Gasteiger charge is 2.28. The van der Waals surface area contributed by atoms with Crippen LogP contribution in [0.15, 0.2) is 47.3 Å². The molecule has 0 saturated heterocycles. The molecule has 0 spiro atoms. The number of nitrogens with one attached hydrogen (secondary N) is 2. The Morgan fingerprint density at radius 3 is 2.69 bits per heavy atom. The molecule has 0 aliphatic heterocycles. The third-order valence-corrected chi connectivity index (χ3v) is 4.74. The van der Waals surface area contributed by atoms with Gasteiger partial charge in [-0.2, -0.15) is 5.10 Å². The maximum absolute atomic E-state index is 12.7. The first kappa shape index (κ1) is 16.3. The van der Waals surface area contributed by atoms with Crippen molar-refractivity contribution in [2.75, 3.05) is 5.32 Å². The van der Waals surface area contributed by atoms with Gasteiger partial charge >= 0.3 is 0 Å². The highest BCUT2D eigenvalue weighted by atomic mass is 16.1. The number of aromatic nitrogens is 3. The Balaban J connectivity index is 1.58. The number of anilines is 1. The number of carbonyl (C=O) groups is 1. The van der Waals surface area contributed by atoms with E-state index >= 15 is 0 Å². The van der Waals surface area contributed by atoms with E-state index in [1.165, 1.54) is 18.9 Å². The SMILES string of the molecule is Cc1cc(C(=O)Nc2cccc(-c3ccc(=O)[nH]n3)c2)c(C)n1C1CC1. The summed E-state index contributed by atoms with van der Waals surface area (Å²) in [5.74, 6) is -0.114. The minimum atomic E-state index is -0.246. The first-order valence-corrected chi connectivity index (χ1v) is 8.69. The summed E-state index contributed by atoms with van der Waals surface area (Å²) in [4.78, 5) is 23.9. The summed E-state index contributed by atoms with van der Waals surface area (Å²) >= 11 is 0. The molecule has 1 saturated carbocycles. The van der Waals surface area contributed by atoms with Crippen LogP contribution in [0.3, 0.4) is 0 Å². The number of H-pyrrole nitrogens is 1. The normalized spacial score (nSPS) is 13.6. The van der Waals surface area contributed by atoms with Gasteiger partial charge in [0.15, 0.2) is 0 Å². The van der Waals surface area contributed by atoms with Gasteiger partial charge in [0, 0.05) is 34.7 Å². The predicted molar refractivity (Wildman–Crippen MR) is 100 cm³/mol. The molecule has 2 aromatic heterocycles. The van der Waals surface area contributed by atoms with E-state index in [4.69, 9.17) is 0 Å². The van der Waals surface area contributed by atoms with Gasteiger partial charge in [0.2, 0.25) is 0 Å². The predicted octanol–water partition coefficient (Wildman–Crippen LogP) is 3.44. The van der Waals surface area contributed by atoms with Crippen molar-refractivity contribution in [1.29, 1.82) is 0 Å². The maximum Gasteiger partial charge on any atom is 0.264 e. The summed E-state index contributed by atoms with van der Waals surface area (Å²) in [5, 5.41) is 9.42. The highest BCUT2D eigenvalue weighted by molar-refractivity contribution is 6.05. The van der Waals surface area contributed by atoms with Crippen molar-refractivity contribution < 1.29 is 4.79 Å². The van der Waals surface area contributed by atoms with Crippen LogP contribution in [-0.2, 0) is 0 Å². The van der Waals surface area contributed by atoms with Crippen molar-refractivity contribution >= 4 is 11.6 Å². The van der Waals surface area contributed by atoms with E-state index in [9.17, 15) is 9.59 Å². The van der Waals surface area contributed by atoms with Crippen LogP contribution in [0.5, 0.6) is 0 Å². The third kappa shape index (κ3) is 3.06. The Bertz CT molecular complexity index is 1020. The van der Waals surface area contributed by atoms with E-state index in [2.05, 4.69) is 20.1 Å². The van der Waals surface area contributed by atoms with Gasteiger partial charge in [-0.25, -0.2) is 5.10 Å². The molecule has 1 fully saturated rings. The van der Waals surface area contributed by atoms with Crippen LogP contribution >= 0.6 is 0 Å². The first-order chi connectivity index (χ1) is 12.5. The van der Waals surface area contributed by atoms with Crippen molar-refractivity contribution in [3.63, 3.8) is 0 Å². The molecular weight excluding hydrogens is 328 g/mol. The second kappa shape index (κ2) is 6.29. The molecule has 1 aliphatic rings. The Hall–Kier alpha value is -3.15. The molecule has 0 radical (unpaired) electrons. The van der Waals surface area contributed by atoms with E-state index in [0.29, 0.717) is 23.0 Å². The number of amides is 1. The zero-order valence-electron chi connectivity index (χ0n) is 14.7. The van der Waals surface area contributed by atoms with Crippen LogP contribution in [0.1, 0.15) is 40.6 Å². The van der Waals surface area contributed by atoms with Gasteiger partial charge in [-0.1, -0.05) is 12.1 Å². The smallest absolute Gasteiger partial charge is 0.264 e. The largest absolute Gasteiger partial charge is 0.345 e. The van der Waals surface area contributed by atoms with Crippen LogP contribution in [0.4, 0.5) is 5.69 Å². The van der Waals surface area contributed by atoms with E-state index in [-0.39, 0.29) is 11.5 Å². The third-order valence-electron chi connectivity index (χ3n) is 4.74. The van der Waals surface area contributed by atoms with E-state index in [1.807, 2.05) is 44.2 Å². The Labute approximate surface area is 150 Å². The molecule has 6 heteroatoms. The minimum absolute atomic E-state index is 0.114. The van der Waals surface area contributed by atoms with Crippen LogP contribution in [0.25, 0.3) is 11.3 Å². The molecule has 2 N–H and O–H groups in total. The van der Waals surface area contributed by atoms with Crippen molar-refractivity contribution in [2.24, 2.45) is 0 Å². The Morgan fingerprint density at radius 2 is 2.00 bits per heavy atom.